The van der Waals surface area contributed by atoms with Crippen LogP contribution in [0.3, 0.4) is 0 Å². The number of fused-ring (bicyclic) bond motifs is 1. The Kier molecular flexibility index (Phi) is 3.47. The highest BCUT2D eigenvalue weighted by molar-refractivity contribution is 7.92. The molecule has 0 bridgehead atoms. The minimum atomic E-state index is -2.99. The Bertz CT molecular complexity index is 724. The van der Waals surface area contributed by atoms with Crippen LogP contribution >= 0.6 is 0 Å². The van der Waals surface area contributed by atoms with Crippen molar-refractivity contribution in [2.45, 2.75) is 31.1 Å². The second-order valence-corrected chi connectivity index (χ2v) is 7.49. The van der Waals surface area contributed by atoms with Gasteiger partial charge < -0.3 is 9.67 Å². The molecule has 1 N–H and O–H groups in total. The highest BCUT2D eigenvalue weighted by Gasteiger charge is 2.32. The van der Waals surface area contributed by atoms with Crippen molar-refractivity contribution < 1.29 is 13.5 Å². The summed E-state index contributed by atoms with van der Waals surface area (Å²) in [5, 5.41) is 8.84. The van der Waals surface area contributed by atoms with E-state index in [0.717, 1.165) is 11.9 Å². The molecule has 0 aliphatic carbocycles. The first-order chi connectivity index (χ1) is 9.62. The summed E-state index contributed by atoms with van der Waals surface area (Å²) >= 11 is 0. The van der Waals surface area contributed by atoms with E-state index in [4.69, 9.17) is 0 Å². The number of sulfone groups is 1. The number of aliphatic hydroxyl groups is 1. The zero-order valence-corrected chi connectivity index (χ0v) is 11.9. The first-order valence-electron chi connectivity index (χ1n) is 6.74. The third-order valence-corrected chi connectivity index (χ3v) is 6.06. The van der Waals surface area contributed by atoms with Crippen LogP contribution in [0.5, 0.6) is 0 Å². The highest BCUT2D eigenvalue weighted by Crippen LogP contribution is 2.24. The molecule has 20 heavy (non-hydrogen) atoms. The molecule has 1 atom stereocenters. The Morgan fingerprint density at radius 3 is 3.00 bits per heavy atom. The van der Waals surface area contributed by atoms with Gasteiger partial charge in [-0.15, -0.1) is 0 Å². The van der Waals surface area contributed by atoms with E-state index in [1.807, 2.05) is 10.6 Å². The number of imidazole rings is 1. The van der Waals surface area contributed by atoms with Crippen LogP contribution in [0.2, 0.25) is 0 Å². The minimum absolute atomic E-state index is 0.0214. The summed E-state index contributed by atoms with van der Waals surface area (Å²) in [5.74, 6) is 0.971. The fourth-order valence-electron chi connectivity index (χ4n) is 2.79. The van der Waals surface area contributed by atoms with Crippen LogP contribution in [0.25, 0.3) is 11.2 Å². The summed E-state index contributed by atoms with van der Waals surface area (Å²) in [6.07, 6.45) is 3.50. The van der Waals surface area contributed by atoms with Crippen molar-refractivity contribution in [3.8, 4) is 0 Å². The molecule has 0 amide bonds. The molecule has 108 valence electrons. The Labute approximate surface area is 117 Å². The van der Waals surface area contributed by atoms with E-state index in [1.165, 1.54) is 0 Å². The monoisotopic (exact) mass is 295 g/mol. The van der Waals surface area contributed by atoms with Crippen molar-refractivity contribution >= 4 is 21.0 Å². The molecule has 2 aromatic heterocycles. The Balaban J connectivity index is 2.00. The van der Waals surface area contributed by atoms with Crippen LogP contribution in [-0.2, 0) is 22.8 Å². The largest absolute Gasteiger partial charge is 0.395 e. The maximum absolute atomic E-state index is 11.9. The van der Waals surface area contributed by atoms with Crippen molar-refractivity contribution in [2.75, 3.05) is 12.4 Å². The molecule has 2 aromatic rings. The van der Waals surface area contributed by atoms with E-state index < -0.39 is 9.84 Å². The van der Waals surface area contributed by atoms with Crippen molar-refractivity contribution in [1.82, 2.24) is 14.5 Å². The van der Waals surface area contributed by atoms with Crippen LogP contribution in [0, 0.1) is 0 Å². The van der Waals surface area contributed by atoms with Gasteiger partial charge in [-0.1, -0.05) is 0 Å². The molecule has 6 nitrogen and oxygen atoms in total. The lowest BCUT2D eigenvalue weighted by Crippen LogP contribution is -2.21. The average molecular weight is 295 g/mol. The molecular weight excluding hydrogens is 278 g/mol. The third-order valence-electron chi connectivity index (χ3n) is 3.78. The van der Waals surface area contributed by atoms with E-state index in [2.05, 4.69) is 9.97 Å². The minimum Gasteiger partial charge on any atom is -0.395 e. The van der Waals surface area contributed by atoms with Crippen molar-refractivity contribution in [3.63, 3.8) is 0 Å². The van der Waals surface area contributed by atoms with Gasteiger partial charge in [-0.3, -0.25) is 0 Å². The normalized spacial score (nSPS) is 21.6. The first-order valence-corrected chi connectivity index (χ1v) is 8.46. The van der Waals surface area contributed by atoms with Crippen molar-refractivity contribution in [2.24, 2.45) is 0 Å². The molecule has 1 unspecified atom stereocenters. The van der Waals surface area contributed by atoms with Crippen LogP contribution in [0.15, 0.2) is 18.3 Å². The van der Waals surface area contributed by atoms with Gasteiger partial charge in [0.05, 0.1) is 17.6 Å². The molecule has 0 radical (unpaired) electrons. The van der Waals surface area contributed by atoms with E-state index >= 15 is 0 Å². The summed E-state index contributed by atoms with van der Waals surface area (Å²) in [4.78, 5) is 8.76. The third kappa shape index (κ3) is 2.31. The smallest absolute Gasteiger partial charge is 0.160 e. The molecule has 1 fully saturated rings. The van der Waals surface area contributed by atoms with E-state index in [9.17, 15) is 13.5 Å². The van der Waals surface area contributed by atoms with Gasteiger partial charge in [-0.2, -0.15) is 0 Å². The van der Waals surface area contributed by atoms with Gasteiger partial charge in [0.1, 0.15) is 11.3 Å². The zero-order chi connectivity index (χ0) is 14.2. The molecular formula is C13H17N3O3S. The Hall–Kier alpha value is -1.47. The van der Waals surface area contributed by atoms with Gasteiger partial charge in [-0.05, 0) is 25.0 Å². The fraction of sp³-hybridized carbons (Fsp3) is 0.538. The number of pyridine rings is 1. The lowest BCUT2D eigenvalue weighted by molar-refractivity contribution is 0.275. The van der Waals surface area contributed by atoms with Crippen molar-refractivity contribution in [3.05, 3.63) is 24.2 Å². The number of rotatable bonds is 4. The standard InChI is InChI=1S/C13H17N3O3S/c17-7-6-16-12(9-10-3-2-8-20(10,18)19)15-11-4-1-5-14-13(11)16/h1,4-5,10,17H,2-3,6-9H2. The Morgan fingerprint density at radius 1 is 1.45 bits per heavy atom. The van der Waals surface area contributed by atoms with Gasteiger partial charge in [0.25, 0.3) is 0 Å². The predicted molar refractivity (Wildman–Crippen MR) is 75.1 cm³/mol. The molecule has 1 saturated heterocycles. The van der Waals surface area contributed by atoms with Crippen molar-refractivity contribution in [1.29, 1.82) is 0 Å². The molecule has 3 heterocycles. The van der Waals surface area contributed by atoms with Crippen LogP contribution in [-0.4, -0.2) is 45.7 Å². The first kappa shape index (κ1) is 13.5. The Morgan fingerprint density at radius 2 is 2.30 bits per heavy atom. The molecule has 1 aliphatic heterocycles. The molecule has 7 heteroatoms. The quantitative estimate of drug-likeness (QED) is 0.890. The molecule has 1 aliphatic rings. The fourth-order valence-corrected chi connectivity index (χ4v) is 4.62. The van der Waals surface area contributed by atoms with E-state index in [-0.39, 0.29) is 17.6 Å². The summed E-state index contributed by atoms with van der Waals surface area (Å²) in [7, 11) is -2.99. The second kappa shape index (κ2) is 5.14. The van der Waals surface area contributed by atoms with Gasteiger partial charge in [0.15, 0.2) is 15.5 Å². The van der Waals surface area contributed by atoms with E-state index in [0.29, 0.717) is 30.9 Å². The maximum atomic E-state index is 11.9. The lowest BCUT2D eigenvalue weighted by Gasteiger charge is -2.11. The number of aliphatic hydroxyl groups excluding tert-OH is 1. The summed E-state index contributed by atoms with van der Waals surface area (Å²) < 4.78 is 25.7. The number of hydrogen-bond acceptors (Lipinski definition) is 5. The average Bonchev–Trinajstić information content (AvgIpc) is 2.92. The molecule has 0 saturated carbocycles. The topological polar surface area (TPSA) is 85.1 Å². The van der Waals surface area contributed by atoms with Gasteiger partial charge in [0, 0.05) is 19.2 Å². The molecule has 3 rings (SSSR count). The number of aromatic nitrogens is 3. The summed E-state index contributed by atoms with van der Waals surface area (Å²) in [6.45, 7) is 0.363. The van der Waals surface area contributed by atoms with Crippen LogP contribution in [0.1, 0.15) is 18.7 Å². The summed E-state index contributed by atoms with van der Waals surface area (Å²) in [5.41, 5.74) is 1.44. The SMILES string of the molecule is O=S1(=O)CCCC1Cc1nc2cccnc2n1CCO. The van der Waals surface area contributed by atoms with Crippen LogP contribution < -0.4 is 0 Å². The molecule has 0 aromatic carbocycles. The summed E-state index contributed by atoms with van der Waals surface area (Å²) in [6, 6.07) is 3.65. The van der Waals surface area contributed by atoms with Crippen LogP contribution in [0.4, 0.5) is 0 Å². The number of nitrogens with zero attached hydrogens (tertiary/aromatic N) is 3. The maximum Gasteiger partial charge on any atom is 0.160 e. The second-order valence-electron chi connectivity index (χ2n) is 5.08. The molecule has 0 spiro atoms. The predicted octanol–water partition coefficient (Wildman–Crippen LogP) is 0.543. The highest BCUT2D eigenvalue weighted by atomic mass is 32.2. The van der Waals surface area contributed by atoms with Gasteiger partial charge in [0.2, 0.25) is 0 Å². The van der Waals surface area contributed by atoms with Gasteiger partial charge >= 0.3 is 0 Å². The number of hydrogen-bond donors (Lipinski definition) is 1. The van der Waals surface area contributed by atoms with Gasteiger partial charge in [-0.25, -0.2) is 18.4 Å². The lowest BCUT2D eigenvalue weighted by atomic mass is 10.2. The zero-order valence-electron chi connectivity index (χ0n) is 11.1. The van der Waals surface area contributed by atoms with E-state index in [1.54, 1.807) is 12.3 Å².